The number of anilines is 1. The van der Waals surface area contributed by atoms with E-state index in [0.29, 0.717) is 6.04 Å². The molecule has 3 aliphatic heterocycles. The number of para-hydroxylation sites is 1. The molecule has 6 nitrogen and oxygen atoms in total. The zero-order valence-corrected chi connectivity index (χ0v) is 15.8. The number of ether oxygens (including phenoxy) is 1. The van der Waals surface area contributed by atoms with Gasteiger partial charge in [-0.15, -0.1) is 0 Å². The van der Waals surface area contributed by atoms with Gasteiger partial charge in [0, 0.05) is 63.2 Å². The van der Waals surface area contributed by atoms with Crippen molar-refractivity contribution in [1.29, 1.82) is 0 Å². The molecular formula is C20H31N5O. The first kappa shape index (κ1) is 17.6. The molecule has 0 amide bonds. The fourth-order valence-corrected chi connectivity index (χ4v) is 4.34. The predicted molar refractivity (Wildman–Crippen MR) is 106 cm³/mol. The number of rotatable bonds is 4. The van der Waals surface area contributed by atoms with E-state index in [1.807, 2.05) is 0 Å². The Morgan fingerprint density at radius 1 is 1.15 bits per heavy atom. The van der Waals surface area contributed by atoms with Gasteiger partial charge in [0.25, 0.3) is 0 Å². The minimum Gasteiger partial charge on any atom is -0.381 e. The van der Waals surface area contributed by atoms with E-state index in [1.54, 1.807) is 0 Å². The van der Waals surface area contributed by atoms with Gasteiger partial charge in [-0.2, -0.15) is 0 Å². The highest BCUT2D eigenvalue weighted by Crippen LogP contribution is 2.29. The summed E-state index contributed by atoms with van der Waals surface area (Å²) in [6.07, 6.45) is 2.18. The topological polar surface area (TPSA) is 52.1 Å². The summed E-state index contributed by atoms with van der Waals surface area (Å²) in [4.78, 5) is 9.76. The van der Waals surface area contributed by atoms with Crippen LogP contribution in [0, 0.1) is 0 Å². The molecule has 2 saturated heterocycles. The molecule has 0 aliphatic carbocycles. The fourth-order valence-electron chi connectivity index (χ4n) is 4.34. The minimum absolute atomic E-state index is 0.178. The van der Waals surface area contributed by atoms with E-state index in [9.17, 15) is 0 Å². The van der Waals surface area contributed by atoms with Gasteiger partial charge in [-0.3, -0.25) is 9.89 Å². The standard InChI is InChI=1S/C20H31N5O/c1-17-15-21-19(23-17)22-16-20(7-13-26-14-8-20)25-11-9-24(10-12-25)18-5-3-2-4-6-18/h2-6,17H,7-16H2,1H3,(H2,21,22,23). The molecule has 3 heterocycles. The lowest BCUT2D eigenvalue weighted by atomic mass is 9.87. The van der Waals surface area contributed by atoms with Crippen LogP contribution in [0.2, 0.25) is 0 Å². The Bertz CT molecular complexity index is 606. The number of hydrogen-bond donors (Lipinski definition) is 2. The first-order chi connectivity index (χ1) is 12.8. The average molecular weight is 358 g/mol. The molecule has 6 heteroatoms. The number of benzene rings is 1. The maximum absolute atomic E-state index is 5.68. The van der Waals surface area contributed by atoms with E-state index in [4.69, 9.17) is 4.74 Å². The molecule has 4 rings (SSSR count). The summed E-state index contributed by atoms with van der Waals surface area (Å²) >= 11 is 0. The summed E-state index contributed by atoms with van der Waals surface area (Å²) in [5, 5.41) is 7.01. The monoisotopic (exact) mass is 357 g/mol. The van der Waals surface area contributed by atoms with Gasteiger partial charge in [0.1, 0.15) is 0 Å². The third-order valence-corrected chi connectivity index (χ3v) is 5.99. The van der Waals surface area contributed by atoms with Crippen LogP contribution < -0.4 is 15.5 Å². The number of guanidine groups is 1. The Hall–Kier alpha value is -1.79. The fraction of sp³-hybridized carbons (Fsp3) is 0.650. The average Bonchev–Trinajstić information content (AvgIpc) is 3.13. The second-order valence-electron chi connectivity index (χ2n) is 7.73. The molecule has 1 aromatic carbocycles. The van der Waals surface area contributed by atoms with E-state index < -0.39 is 0 Å². The molecule has 0 aromatic heterocycles. The van der Waals surface area contributed by atoms with Gasteiger partial charge in [0.2, 0.25) is 0 Å². The maximum Gasteiger partial charge on any atom is 0.191 e. The molecule has 2 fully saturated rings. The van der Waals surface area contributed by atoms with Crippen LogP contribution >= 0.6 is 0 Å². The van der Waals surface area contributed by atoms with E-state index in [-0.39, 0.29) is 5.54 Å². The summed E-state index contributed by atoms with van der Waals surface area (Å²) in [5.74, 6) is 0.964. The third kappa shape index (κ3) is 3.81. The van der Waals surface area contributed by atoms with Crippen molar-refractivity contribution in [3.05, 3.63) is 30.3 Å². The SMILES string of the molecule is CC1CN=C(NCC2(N3CCN(c4ccccc4)CC3)CCOCC2)N1. The lowest BCUT2D eigenvalue weighted by molar-refractivity contribution is -0.0285. The summed E-state index contributed by atoms with van der Waals surface area (Å²) in [5.41, 5.74) is 1.52. The van der Waals surface area contributed by atoms with Gasteiger partial charge in [-0.05, 0) is 31.9 Å². The molecule has 0 spiro atoms. The van der Waals surface area contributed by atoms with Gasteiger partial charge in [-0.1, -0.05) is 18.2 Å². The van der Waals surface area contributed by atoms with Crippen molar-refractivity contribution in [2.45, 2.75) is 31.3 Å². The summed E-state index contributed by atoms with van der Waals surface area (Å²) in [6.45, 7) is 10.1. The van der Waals surface area contributed by atoms with Gasteiger partial charge in [0.05, 0.1) is 6.54 Å². The van der Waals surface area contributed by atoms with E-state index >= 15 is 0 Å². The van der Waals surface area contributed by atoms with Gasteiger partial charge >= 0.3 is 0 Å². The van der Waals surface area contributed by atoms with Gasteiger partial charge in [0.15, 0.2) is 5.96 Å². The number of nitrogens with zero attached hydrogens (tertiary/aromatic N) is 3. The zero-order chi connectivity index (χ0) is 17.8. The van der Waals surface area contributed by atoms with Crippen molar-refractivity contribution in [2.75, 3.05) is 57.4 Å². The van der Waals surface area contributed by atoms with E-state index in [1.165, 1.54) is 5.69 Å². The molecule has 1 unspecified atom stereocenters. The second kappa shape index (κ2) is 7.84. The van der Waals surface area contributed by atoms with Crippen LogP contribution in [0.5, 0.6) is 0 Å². The predicted octanol–water partition coefficient (Wildman–Crippen LogP) is 1.30. The maximum atomic E-state index is 5.68. The molecular weight excluding hydrogens is 326 g/mol. The van der Waals surface area contributed by atoms with Crippen molar-refractivity contribution in [3.8, 4) is 0 Å². The number of aliphatic imine (C=N–C) groups is 1. The van der Waals surface area contributed by atoms with Crippen LogP contribution in [0.4, 0.5) is 5.69 Å². The van der Waals surface area contributed by atoms with Crippen molar-refractivity contribution >= 4 is 11.6 Å². The van der Waals surface area contributed by atoms with Crippen LogP contribution in [0.1, 0.15) is 19.8 Å². The van der Waals surface area contributed by atoms with Crippen molar-refractivity contribution < 1.29 is 4.74 Å². The third-order valence-electron chi connectivity index (χ3n) is 5.99. The van der Waals surface area contributed by atoms with E-state index in [2.05, 4.69) is 62.7 Å². The van der Waals surface area contributed by atoms with Gasteiger partial charge in [-0.25, -0.2) is 0 Å². The first-order valence-corrected chi connectivity index (χ1v) is 9.93. The van der Waals surface area contributed by atoms with Crippen LogP contribution in [0.25, 0.3) is 0 Å². The van der Waals surface area contributed by atoms with Crippen LogP contribution in [0.15, 0.2) is 35.3 Å². The molecule has 0 saturated carbocycles. The molecule has 1 aromatic rings. The highest BCUT2D eigenvalue weighted by atomic mass is 16.5. The Labute approximate surface area is 156 Å². The lowest BCUT2D eigenvalue weighted by Gasteiger charge is -2.50. The smallest absolute Gasteiger partial charge is 0.191 e. The zero-order valence-electron chi connectivity index (χ0n) is 15.8. The molecule has 26 heavy (non-hydrogen) atoms. The van der Waals surface area contributed by atoms with Crippen molar-refractivity contribution in [2.24, 2.45) is 4.99 Å². The van der Waals surface area contributed by atoms with Crippen LogP contribution in [-0.4, -0.2) is 74.9 Å². The number of nitrogens with one attached hydrogen (secondary N) is 2. The summed E-state index contributed by atoms with van der Waals surface area (Å²) in [7, 11) is 0. The molecule has 2 N–H and O–H groups in total. The molecule has 0 radical (unpaired) electrons. The highest BCUT2D eigenvalue weighted by molar-refractivity contribution is 5.81. The van der Waals surface area contributed by atoms with Gasteiger partial charge < -0.3 is 20.3 Å². The molecule has 0 bridgehead atoms. The summed E-state index contributed by atoms with van der Waals surface area (Å²) in [6, 6.07) is 11.2. The molecule has 3 aliphatic rings. The Morgan fingerprint density at radius 2 is 1.88 bits per heavy atom. The molecule has 1 atom stereocenters. The van der Waals surface area contributed by atoms with Crippen molar-refractivity contribution in [1.82, 2.24) is 15.5 Å². The lowest BCUT2D eigenvalue weighted by Crippen LogP contribution is -2.63. The quantitative estimate of drug-likeness (QED) is 0.851. The van der Waals surface area contributed by atoms with Crippen LogP contribution in [-0.2, 0) is 4.74 Å². The highest BCUT2D eigenvalue weighted by Gasteiger charge is 2.40. The number of hydrogen-bond acceptors (Lipinski definition) is 6. The Kier molecular flexibility index (Phi) is 5.31. The summed E-state index contributed by atoms with van der Waals surface area (Å²) < 4.78 is 5.68. The number of piperazine rings is 1. The normalized spacial score (nSPS) is 26.3. The van der Waals surface area contributed by atoms with E-state index in [0.717, 1.165) is 71.3 Å². The minimum atomic E-state index is 0.178. The Balaban J connectivity index is 1.39. The molecule has 142 valence electrons. The first-order valence-electron chi connectivity index (χ1n) is 9.93. The van der Waals surface area contributed by atoms with Crippen molar-refractivity contribution in [3.63, 3.8) is 0 Å². The largest absolute Gasteiger partial charge is 0.381 e. The second-order valence-corrected chi connectivity index (χ2v) is 7.73. The Morgan fingerprint density at radius 3 is 2.54 bits per heavy atom. The van der Waals surface area contributed by atoms with Crippen LogP contribution in [0.3, 0.4) is 0 Å².